The zero-order valence-corrected chi connectivity index (χ0v) is 15.4. The summed E-state index contributed by atoms with van der Waals surface area (Å²) in [6.07, 6.45) is -4.04. The molecule has 3 aromatic rings. The molecule has 1 aromatic heterocycles. The summed E-state index contributed by atoms with van der Waals surface area (Å²) in [7, 11) is -4.53. The highest BCUT2D eigenvalue weighted by Crippen LogP contribution is 2.40. The first-order valence-electron chi connectivity index (χ1n) is 7.29. The Balaban J connectivity index is 2.10. The molecule has 0 bridgehead atoms. The van der Waals surface area contributed by atoms with Crippen LogP contribution in [-0.4, -0.2) is 19.6 Å². The van der Waals surface area contributed by atoms with Gasteiger partial charge in [-0.25, -0.2) is 12.8 Å². The van der Waals surface area contributed by atoms with Crippen LogP contribution in [0, 0.1) is 5.82 Å². The van der Waals surface area contributed by atoms with Gasteiger partial charge in [-0.15, -0.1) is 0 Å². The number of sulfonamides is 1. The summed E-state index contributed by atoms with van der Waals surface area (Å²) in [6.45, 7) is 0. The van der Waals surface area contributed by atoms with Crippen LogP contribution in [-0.2, 0) is 10.0 Å². The molecular formula is C16H10Cl2F4N2O2S. The van der Waals surface area contributed by atoms with Crippen molar-refractivity contribution in [3.63, 3.8) is 0 Å². The van der Waals surface area contributed by atoms with Crippen LogP contribution in [0.3, 0.4) is 0 Å². The maximum absolute atomic E-state index is 13.7. The van der Waals surface area contributed by atoms with E-state index < -0.39 is 38.5 Å². The molecule has 0 aliphatic carbocycles. The summed E-state index contributed by atoms with van der Waals surface area (Å²) in [6, 6.07) is 3.85. The monoisotopic (exact) mass is 440 g/mol. The van der Waals surface area contributed by atoms with Crippen LogP contribution in [0.4, 0.5) is 17.6 Å². The normalized spacial score (nSPS) is 13.9. The molecule has 0 amide bonds. The van der Waals surface area contributed by atoms with E-state index in [1.807, 2.05) is 0 Å². The Morgan fingerprint density at radius 3 is 2.30 bits per heavy atom. The maximum atomic E-state index is 13.7. The Labute approximate surface area is 161 Å². The largest absolute Gasteiger partial charge is 0.408 e. The third-order valence-electron chi connectivity index (χ3n) is 3.76. The molecule has 2 N–H and O–H groups in total. The molecule has 11 heteroatoms. The number of aromatic nitrogens is 1. The number of alkyl halides is 3. The van der Waals surface area contributed by atoms with Crippen LogP contribution in [0.15, 0.2) is 47.5 Å². The highest BCUT2D eigenvalue weighted by molar-refractivity contribution is 7.89. The summed E-state index contributed by atoms with van der Waals surface area (Å²) in [5.74, 6) is -0.744. The predicted octanol–water partition coefficient (Wildman–Crippen LogP) is 5.20. The Hall–Kier alpha value is -1.81. The van der Waals surface area contributed by atoms with Crippen molar-refractivity contribution in [1.82, 2.24) is 9.71 Å². The van der Waals surface area contributed by atoms with Crippen molar-refractivity contribution in [2.45, 2.75) is 17.1 Å². The van der Waals surface area contributed by atoms with Gasteiger partial charge in [0.1, 0.15) is 11.9 Å². The molecule has 27 heavy (non-hydrogen) atoms. The number of aromatic amines is 1. The third kappa shape index (κ3) is 4.06. The standard InChI is InChI=1S/C16H10Cl2F4N2O2S/c17-8-1-3-10(4-2-8)27(25,26)24-15(16(20,21)22)11-7-23-13-6-9(19)5-12(18)14(11)13/h1-7,15,23-24H. The third-order valence-corrected chi connectivity index (χ3v) is 5.75. The average molecular weight is 441 g/mol. The Bertz CT molecular complexity index is 1100. The molecule has 0 saturated heterocycles. The first-order valence-corrected chi connectivity index (χ1v) is 9.53. The highest BCUT2D eigenvalue weighted by Gasteiger charge is 2.45. The molecule has 0 spiro atoms. The van der Waals surface area contributed by atoms with Crippen molar-refractivity contribution in [1.29, 1.82) is 0 Å². The van der Waals surface area contributed by atoms with Crippen molar-refractivity contribution < 1.29 is 26.0 Å². The molecule has 0 aliphatic heterocycles. The van der Waals surface area contributed by atoms with E-state index in [-0.39, 0.29) is 20.9 Å². The lowest BCUT2D eigenvalue weighted by molar-refractivity contribution is -0.152. The van der Waals surface area contributed by atoms with Gasteiger partial charge in [-0.2, -0.15) is 17.9 Å². The van der Waals surface area contributed by atoms with Crippen LogP contribution in [0.5, 0.6) is 0 Å². The first-order chi connectivity index (χ1) is 12.5. The van der Waals surface area contributed by atoms with Crippen LogP contribution in [0.2, 0.25) is 10.0 Å². The smallest absolute Gasteiger partial charge is 0.361 e. The number of nitrogens with one attached hydrogen (secondary N) is 2. The fraction of sp³-hybridized carbons (Fsp3) is 0.125. The lowest BCUT2D eigenvalue weighted by atomic mass is 10.1. The summed E-state index contributed by atoms with van der Waals surface area (Å²) < 4.78 is 80.8. The van der Waals surface area contributed by atoms with E-state index in [2.05, 4.69) is 4.98 Å². The van der Waals surface area contributed by atoms with Gasteiger partial charge < -0.3 is 4.98 Å². The number of rotatable bonds is 4. The summed E-state index contributed by atoms with van der Waals surface area (Å²) >= 11 is 11.6. The summed E-state index contributed by atoms with van der Waals surface area (Å²) in [5, 5.41) is -0.174. The van der Waals surface area contributed by atoms with Gasteiger partial charge >= 0.3 is 6.18 Å². The minimum absolute atomic E-state index is 0.00920. The van der Waals surface area contributed by atoms with Gasteiger partial charge in [-0.05, 0) is 36.4 Å². The SMILES string of the molecule is O=S(=O)(NC(c1c[nH]c2cc(F)cc(Cl)c12)C(F)(F)F)c1ccc(Cl)cc1. The number of H-pyrrole nitrogens is 1. The van der Waals surface area contributed by atoms with E-state index in [0.29, 0.717) is 0 Å². The molecule has 1 unspecified atom stereocenters. The zero-order chi connectivity index (χ0) is 20.0. The number of benzene rings is 2. The molecule has 2 aromatic carbocycles. The molecule has 0 aliphatic rings. The average Bonchev–Trinajstić information content (AvgIpc) is 2.95. The fourth-order valence-corrected chi connectivity index (χ4v) is 4.22. The van der Waals surface area contributed by atoms with Gasteiger partial charge in [0.05, 0.1) is 15.4 Å². The van der Waals surface area contributed by atoms with Crippen molar-refractivity contribution in [3.8, 4) is 0 Å². The molecule has 0 fully saturated rings. The molecular weight excluding hydrogens is 431 g/mol. The molecule has 0 radical (unpaired) electrons. The van der Waals surface area contributed by atoms with Gasteiger partial charge in [0.2, 0.25) is 10.0 Å². The van der Waals surface area contributed by atoms with Crippen LogP contribution >= 0.6 is 23.2 Å². The second-order valence-corrected chi connectivity index (χ2v) is 8.16. The molecule has 0 saturated carbocycles. The Morgan fingerprint density at radius 1 is 1.07 bits per heavy atom. The highest BCUT2D eigenvalue weighted by atomic mass is 35.5. The minimum Gasteiger partial charge on any atom is -0.361 e. The predicted molar refractivity (Wildman–Crippen MR) is 93.8 cm³/mol. The first kappa shape index (κ1) is 19.9. The Morgan fingerprint density at radius 2 is 1.70 bits per heavy atom. The fourth-order valence-electron chi connectivity index (χ4n) is 2.58. The second kappa shape index (κ2) is 6.97. The molecule has 1 heterocycles. The number of halogens is 6. The van der Waals surface area contributed by atoms with E-state index in [1.54, 1.807) is 4.72 Å². The van der Waals surface area contributed by atoms with E-state index in [1.165, 1.54) is 12.1 Å². The number of hydrogen-bond acceptors (Lipinski definition) is 2. The van der Waals surface area contributed by atoms with Crippen molar-refractivity contribution in [2.75, 3.05) is 0 Å². The van der Waals surface area contributed by atoms with Crippen LogP contribution in [0.1, 0.15) is 11.6 Å². The second-order valence-electron chi connectivity index (χ2n) is 5.60. The quantitative estimate of drug-likeness (QED) is 0.548. The van der Waals surface area contributed by atoms with Gasteiger partial charge in [0.25, 0.3) is 0 Å². The Kier molecular flexibility index (Phi) is 5.15. The van der Waals surface area contributed by atoms with Crippen molar-refractivity contribution in [2.24, 2.45) is 0 Å². The molecule has 1 atom stereocenters. The number of hydrogen-bond donors (Lipinski definition) is 2. The van der Waals surface area contributed by atoms with E-state index in [4.69, 9.17) is 23.2 Å². The number of fused-ring (bicyclic) bond motifs is 1. The lowest BCUT2D eigenvalue weighted by Crippen LogP contribution is -2.38. The zero-order valence-electron chi connectivity index (χ0n) is 13.1. The van der Waals surface area contributed by atoms with E-state index in [9.17, 15) is 26.0 Å². The van der Waals surface area contributed by atoms with Crippen LogP contribution < -0.4 is 4.72 Å². The van der Waals surface area contributed by atoms with E-state index >= 15 is 0 Å². The summed E-state index contributed by atoms with van der Waals surface area (Å²) in [4.78, 5) is 2.09. The van der Waals surface area contributed by atoms with Crippen molar-refractivity contribution >= 4 is 44.1 Å². The maximum Gasteiger partial charge on any atom is 0.408 e. The molecule has 144 valence electrons. The van der Waals surface area contributed by atoms with Crippen molar-refractivity contribution in [3.05, 3.63) is 64.0 Å². The van der Waals surface area contributed by atoms with E-state index in [0.717, 1.165) is 30.5 Å². The van der Waals surface area contributed by atoms with Gasteiger partial charge in [0, 0.05) is 22.2 Å². The topological polar surface area (TPSA) is 62.0 Å². The van der Waals surface area contributed by atoms with Gasteiger partial charge in [0.15, 0.2) is 0 Å². The van der Waals surface area contributed by atoms with Gasteiger partial charge in [-0.3, -0.25) is 0 Å². The van der Waals surface area contributed by atoms with Gasteiger partial charge in [-0.1, -0.05) is 23.2 Å². The molecule has 3 rings (SSSR count). The van der Waals surface area contributed by atoms with Crippen LogP contribution in [0.25, 0.3) is 10.9 Å². The molecule has 4 nitrogen and oxygen atoms in total. The summed E-state index contributed by atoms with van der Waals surface area (Å²) in [5.41, 5.74) is -0.463. The lowest BCUT2D eigenvalue weighted by Gasteiger charge is -2.21. The minimum atomic E-state index is -4.98.